The summed E-state index contributed by atoms with van der Waals surface area (Å²) >= 11 is 1.54. The second-order valence-corrected chi connectivity index (χ2v) is 5.44. The monoisotopic (exact) mass is 294 g/mol. The fraction of sp³-hybridized carbons (Fsp3) is 0.308. The van der Waals surface area contributed by atoms with E-state index in [1.807, 2.05) is 0 Å². The lowest BCUT2D eigenvalue weighted by Crippen LogP contribution is -2.30. The molecule has 2 amide bonds. The molecular formula is C13H14N2O4S. The molecule has 1 aliphatic rings. The third-order valence-corrected chi connectivity index (χ3v) is 3.84. The zero-order valence-electron chi connectivity index (χ0n) is 10.8. The molecule has 0 aromatic heterocycles. The van der Waals surface area contributed by atoms with E-state index in [1.54, 1.807) is 30.0 Å². The van der Waals surface area contributed by atoms with Crippen molar-refractivity contribution in [1.82, 2.24) is 0 Å². The first-order valence-electron chi connectivity index (χ1n) is 6.04. The molecule has 1 heterocycles. The highest BCUT2D eigenvalue weighted by atomic mass is 32.2. The minimum Gasteiger partial charge on any atom is -0.449 e. The normalized spacial score (nSPS) is 15.6. The SMILES string of the molecule is C[C@@H](OC(=O)c1ccc2c(c1)NC(=O)CCS2)C(N)=O. The molecule has 106 valence electrons. The summed E-state index contributed by atoms with van der Waals surface area (Å²) in [7, 11) is 0. The minimum absolute atomic E-state index is 0.0905. The molecule has 20 heavy (non-hydrogen) atoms. The number of esters is 1. The summed E-state index contributed by atoms with van der Waals surface area (Å²) < 4.78 is 4.91. The standard InChI is InChI=1S/C13H14N2O4S/c1-7(12(14)17)19-13(18)8-2-3-10-9(6-8)15-11(16)4-5-20-10/h2-3,6-7H,4-5H2,1H3,(H2,14,17)(H,15,16)/t7-/m1/s1. The Kier molecular flexibility index (Phi) is 4.29. The van der Waals surface area contributed by atoms with Gasteiger partial charge in [-0.05, 0) is 25.1 Å². The molecule has 1 atom stereocenters. The predicted molar refractivity (Wildman–Crippen MR) is 74.5 cm³/mol. The Morgan fingerprint density at radius 3 is 2.90 bits per heavy atom. The Morgan fingerprint density at radius 2 is 2.20 bits per heavy atom. The summed E-state index contributed by atoms with van der Waals surface area (Å²) in [5, 5.41) is 2.73. The largest absolute Gasteiger partial charge is 0.449 e. The van der Waals surface area contributed by atoms with E-state index in [0.29, 0.717) is 17.9 Å². The number of fused-ring (bicyclic) bond motifs is 1. The van der Waals surface area contributed by atoms with Crippen LogP contribution in [-0.2, 0) is 14.3 Å². The number of amides is 2. The Hall–Kier alpha value is -2.02. The van der Waals surface area contributed by atoms with Gasteiger partial charge < -0.3 is 15.8 Å². The number of anilines is 1. The molecule has 0 unspecified atom stereocenters. The first kappa shape index (κ1) is 14.4. The van der Waals surface area contributed by atoms with Crippen LogP contribution in [0.4, 0.5) is 5.69 Å². The van der Waals surface area contributed by atoms with Gasteiger partial charge in [-0.1, -0.05) is 0 Å². The molecule has 1 aromatic rings. The highest BCUT2D eigenvalue weighted by Gasteiger charge is 2.19. The number of ether oxygens (including phenoxy) is 1. The van der Waals surface area contributed by atoms with Crippen molar-refractivity contribution in [3.05, 3.63) is 23.8 Å². The van der Waals surface area contributed by atoms with Crippen molar-refractivity contribution < 1.29 is 19.1 Å². The zero-order valence-corrected chi connectivity index (χ0v) is 11.7. The van der Waals surface area contributed by atoms with Crippen LogP contribution >= 0.6 is 11.8 Å². The first-order valence-corrected chi connectivity index (χ1v) is 7.03. The summed E-state index contributed by atoms with van der Waals surface area (Å²) in [4.78, 5) is 35.1. The predicted octanol–water partition coefficient (Wildman–Crippen LogP) is 1.15. The van der Waals surface area contributed by atoms with E-state index in [1.165, 1.54) is 6.92 Å². The summed E-state index contributed by atoms with van der Waals surface area (Å²) in [6.45, 7) is 1.40. The fourth-order valence-corrected chi connectivity index (χ4v) is 2.57. The summed E-state index contributed by atoms with van der Waals surface area (Å²) in [5.41, 5.74) is 5.88. The summed E-state index contributed by atoms with van der Waals surface area (Å²) in [6, 6.07) is 4.89. The minimum atomic E-state index is -0.995. The lowest BCUT2D eigenvalue weighted by Gasteiger charge is -2.11. The van der Waals surface area contributed by atoms with E-state index in [-0.39, 0.29) is 11.5 Å². The number of rotatable bonds is 3. The highest BCUT2D eigenvalue weighted by molar-refractivity contribution is 7.99. The Bertz CT molecular complexity index is 573. The maximum atomic E-state index is 11.9. The third-order valence-electron chi connectivity index (χ3n) is 2.76. The van der Waals surface area contributed by atoms with Crippen LogP contribution in [0.2, 0.25) is 0 Å². The van der Waals surface area contributed by atoms with Crippen LogP contribution < -0.4 is 11.1 Å². The molecule has 0 fully saturated rings. The number of carbonyl (C=O) groups is 3. The van der Waals surface area contributed by atoms with E-state index in [4.69, 9.17) is 10.5 Å². The summed E-state index contributed by atoms with van der Waals surface area (Å²) in [5.74, 6) is -0.756. The van der Waals surface area contributed by atoms with Crippen molar-refractivity contribution in [2.24, 2.45) is 5.73 Å². The van der Waals surface area contributed by atoms with Crippen LogP contribution in [0.3, 0.4) is 0 Å². The van der Waals surface area contributed by atoms with Gasteiger partial charge in [-0.2, -0.15) is 0 Å². The van der Waals surface area contributed by atoms with Gasteiger partial charge in [0.15, 0.2) is 6.10 Å². The topological polar surface area (TPSA) is 98.5 Å². The van der Waals surface area contributed by atoms with Gasteiger partial charge in [0, 0.05) is 17.1 Å². The van der Waals surface area contributed by atoms with E-state index >= 15 is 0 Å². The highest BCUT2D eigenvalue weighted by Crippen LogP contribution is 2.31. The smallest absolute Gasteiger partial charge is 0.338 e. The molecule has 0 spiro atoms. The van der Waals surface area contributed by atoms with Crippen LogP contribution in [-0.4, -0.2) is 29.6 Å². The molecule has 6 nitrogen and oxygen atoms in total. The van der Waals surface area contributed by atoms with Crippen molar-refractivity contribution >= 4 is 35.2 Å². The number of hydrogen-bond donors (Lipinski definition) is 2. The van der Waals surface area contributed by atoms with E-state index < -0.39 is 18.0 Å². The molecule has 3 N–H and O–H groups in total. The average Bonchev–Trinajstić information content (AvgIpc) is 2.57. The molecule has 7 heteroatoms. The molecule has 1 aliphatic heterocycles. The quantitative estimate of drug-likeness (QED) is 0.815. The number of nitrogens with two attached hydrogens (primary N) is 1. The van der Waals surface area contributed by atoms with Gasteiger partial charge in [0.2, 0.25) is 5.91 Å². The number of hydrogen-bond acceptors (Lipinski definition) is 5. The lowest BCUT2D eigenvalue weighted by atomic mass is 10.2. The Labute approximate surface area is 120 Å². The third kappa shape index (κ3) is 3.30. The molecular weight excluding hydrogens is 280 g/mol. The molecule has 0 bridgehead atoms. The second-order valence-electron chi connectivity index (χ2n) is 4.31. The van der Waals surface area contributed by atoms with Gasteiger partial charge in [0.1, 0.15) is 0 Å². The van der Waals surface area contributed by atoms with Crippen LogP contribution in [0.25, 0.3) is 0 Å². The number of primary amides is 1. The fourth-order valence-electron chi connectivity index (χ4n) is 1.63. The van der Waals surface area contributed by atoms with Crippen molar-refractivity contribution in [2.45, 2.75) is 24.3 Å². The molecule has 0 radical (unpaired) electrons. The zero-order chi connectivity index (χ0) is 14.7. The first-order chi connectivity index (χ1) is 9.47. The maximum Gasteiger partial charge on any atom is 0.338 e. The average molecular weight is 294 g/mol. The van der Waals surface area contributed by atoms with Crippen LogP contribution in [0.1, 0.15) is 23.7 Å². The van der Waals surface area contributed by atoms with Gasteiger partial charge in [-0.3, -0.25) is 9.59 Å². The number of nitrogens with one attached hydrogen (secondary N) is 1. The van der Waals surface area contributed by atoms with E-state index in [2.05, 4.69) is 5.32 Å². The van der Waals surface area contributed by atoms with Crippen molar-refractivity contribution in [3.63, 3.8) is 0 Å². The number of carbonyl (C=O) groups excluding carboxylic acids is 3. The van der Waals surface area contributed by atoms with Crippen molar-refractivity contribution in [1.29, 1.82) is 0 Å². The number of benzene rings is 1. The van der Waals surface area contributed by atoms with Crippen molar-refractivity contribution in [3.8, 4) is 0 Å². The Balaban J connectivity index is 2.20. The van der Waals surface area contributed by atoms with Crippen LogP contribution in [0.15, 0.2) is 23.1 Å². The molecule has 1 aromatic carbocycles. The second kappa shape index (κ2) is 5.96. The van der Waals surface area contributed by atoms with Crippen LogP contribution in [0, 0.1) is 0 Å². The maximum absolute atomic E-state index is 11.9. The van der Waals surface area contributed by atoms with E-state index in [0.717, 1.165) is 4.90 Å². The molecule has 0 saturated carbocycles. The van der Waals surface area contributed by atoms with E-state index in [9.17, 15) is 14.4 Å². The van der Waals surface area contributed by atoms with Crippen LogP contribution in [0.5, 0.6) is 0 Å². The molecule has 2 rings (SSSR count). The summed E-state index contributed by atoms with van der Waals surface area (Å²) in [6.07, 6.45) is -0.567. The van der Waals surface area contributed by atoms with Gasteiger partial charge in [0.25, 0.3) is 5.91 Å². The molecule has 0 saturated heterocycles. The lowest BCUT2D eigenvalue weighted by molar-refractivity contribution is -0.125. The van der Waals surface area contributed by atoms with Gasteiger partial charge >= 0.3 is 5.97 Å². The van der Waals surface area contributed by atoms with Gasteiger partial charge in [0.05, 0.1) is 11.3 Å². The molecule has 0 aliphatic carbocycles. The van der Waals surface area contributed by atoms with Gasteiger partial charge in [-0.15, -0.1) is 11.8 Å². The number of thioether (sulfide) groups is 1. The Morgan fingerprint density at radius 1 is 1.45 bits per heavy atom. The van der Waals surface area contributed by atoms with Crippen molar-refractivity contribution in [2.75, 3.05) is 11.1 Å². The van der Waals surface area contributed by atoms with Gasteiger partial charge in [-0.25, -0.2) is 4.79 Å².